The van der Waals surface area contributed by atoms with Crippen molar-refractivity contribution in [2.75, 3.05) is 0 Å². The number of hydrogen-bond acceptors (Lipinski definition) is 5. The molecule has 1 saturated carbocycles. The van der Waals surface area contributed by atoms with Crippen molar-refractivity contribution in [2.24, 2.45) is 7.05 Å². The van der Waals surface area contributed by atoms with E-state index >= 15 is 0 Å². The lowest BCUT2D eigenvalue weighted by atomic mass is 10.2. The van der Waals surface area contributed by atoms with E-state index in [1.165, 1.54) is 11.3 Å². The maximum absolute atomic E-state index is 12.3. The molecule has 0 unspecified atom stereocenters. The minimum Gasteiger partial charge on any atom is -0.480 e. The Morgan fingerprint density at radius 3 is 2.71 bits per heavy atom. The molecule has 1 aliphatic carbocycles. The number of carbonyl (C=O) groups excluding carboxylic acids is 1. The van der Waals surface area contributed by atoms with E-state index in [-0.39, 0.29) is 5.91 Å². The summed E-state index contributed by atoms with van der Waals surface area (Å²) in [6, 6.07) is 0. The van der Waals surface area contributed by atoms with Gasteiger partial charge in [-0.1, -0.05) is 0 Å². The lowest BCUT2D eigenvalue weighted by Gasteiger charge is -2.11. The molecule has 2 heterocycles. The topological polar surface area (TPSA) is 97.1 Å². The van der Waals surface area contributed by atoms with Crippen LogP contribution in [0.4, 0.5) is 0 Å². The number of aromatic nitrogens is 3. The average molecular weight is 306 g/mol. The Labute approximate surface area is 124 Å². The number of nitrogens with one attached hydrogen (secondary N) is 1. The van der Waals surface area contributed by atoms with Gasteiger partial charge in [-0.25, -0.2) is 9.78 Å². The molecule has 0 saturated heterocycles. The van der Waals surface area contributed by atoms with E-state index in [4.69, 9.17) is 5.11 Å². The van der Waals surface area contributed by atoms with E-state index in [2.05, 4.69) is 15.4 Å². The van der Waals surface area contributed by atoms with Crippen molar-refractivity contribution in [1.82, 2.24) is 20.1 Å². The predicted molar refractivity (Wildman–Crippen MR) is 76.1 cm³/mol. The van der Waals surface area contributed by atoms with Crippen LogP contribution in [0.25, 0.3) is 10.6 Å². The van der Waals surface area contributed by atoms with E-state index in [1.807, 2.05) is 6.20 Å². The number of aliphatic carboxylic acids is 1. The van der Waals surface area contributed by atoms with E-state index in [1.54, 1.807) is 24.9 Å². The Morgan fingerprint density at radius 1 is 1.48 bits per heavy atom. The fourth-order valence-electron chi connectivity index (χ4n) is 2.05. The molecule has 2 aromatic rings. The molecule has 0 aliphatic heterocycles. The second kappa shape index (κ2) is 4.66. The van der Waals surface area contributed by atoms with Crippen molar-refractivity contribution in [3.05, 3.63) is 23.0 Å². The fraction of sp³-hybridized carbons (Fsp3) is 0.385. The molecule has 0 radical (unpaired) electrons. The highest BCUT2D eigenvalue weighted by Crippen LogP contribution is 2.36. The van der Waals surface area contributed by atoms with Gasteiger partial charge in [-0.05, 0) is 19.8 Å². The highest BCUT2D eigenvalue weighted by atomic mass is 32.1. The number of hydrogen-bond donors (Lipinski definition) is 2. The number of aryl methyl sites for hydroxylation is 2. The number of amides is 1. The van der Waals surface area contributed by atoms with Gasteiger partial charge < -0.3 is 10.4 Å². The Balaban J connectivity index is 1.84. The number of thiazole rings is 1. The minimum atomic E-state index is -1.08. The van der Waals surface area contributed by atoms with Gasteiger partial charge in [0.15, 0.2) is 0 Å². The lowest BCUT2D eigenvalue weighted by molar-refractivity contribution is -0.140. The zero-order valence-electron chi connectivity index (χ0n) is 11.6. The summed E-state index contributed by atoms with van der Waals surface area (Å²) in [4.78, 5) is 28.2. The molecule has 3 rings (SSSR count). The second-order valence-corrected chi connectivity index (χ2v) is 6.18. The van der Waals surface area contributed by atoms with Crippen molar-refractivity contribution in [2.45, 2.75) is 25.3 Å². The average Bonchev–Trinajstić information content (AvgIpc) is 2.90. The summed E-state index contributed by atoms with van der Waals surface area (Å²) in [5.41, 5.74) is 0.351. The third kappa shape index (κ3) is 2.42. The molecular formula is C13H14N4O3S. The van der Waals surface area contributed by atoms with Gasteiger partial charge in [-0.15, -0.1) is 11.3 Å². The number of carboxylic acids is 1. The van der Waals surface area contributed by atoms with Crippen LogP contribution in [0, 0.1) is 6.92 Å². The van der Waals surface area contributed by atoms with Crippen molar-refractivity contribution in [3.8, 4) is 10.6 Å². The van der Waals surface area contributed by atoms with Crippen LogP contribution < -0.4 is 5.32 Å². The third-order valence-corrected chi connectivity index (χ3v) is 4.67. The number of carbonyl (C=O) groups is 2. The van der Waals surface area contributed by atoms with Crippen LogP contribution in [0.2, 0.25) is 0 Å². The monoisotopic (exact) mass is 306 g/mol. The maximum atomic E-state index is 12.3. The molecule has 0 atom stereocenters. The van der Waals surface area contributed by atoms with Crippen LogP contribution in [0.3, 0.4) is 0 Å². The zero-order valence-corrected chi connectivity index (χ0v) is 12.4. The van der Waals surface area contributed by atoms with E-state index in [0.717, 1.165) is 5.56 Å². The molecule has 7 nitrogen and oxygen atoms in total. The van der Waals surface area contributed by atoms with Crippen LogP contribution in [0.5, 0.6) is 0 Å². The van der Waals surface area contributed by atoms with E-state index in [0.29, 0.717) is 28.4 Å². The summed E-state index contributed by atoms with van der Waals surface area (Å²) in [5, 5.41) is 16.5. The molecule has 0 bridgehead atoms. The first-order valence-corrected chi connectivity index (χ1v) is 7.25. The maximum Gasteiger partial charge on any atom is 0.329 e. The standard InChI is InChI=1S/C13H14N4O3S/c1-7-9(10(18)16-13(3-4-13)12(19)20)21-11(15-7)8-5-14-17(2)6-8/h5-6H,3-4H2,1-2H3,(H,16,18)(H,19,20). The lowest BCUT2D eigenvalue weighted by Crippen LogP contribution is -2.42. The van der Waals surface area contributed by atoms with Gasteiger partial charge in [0, 0.05) is 18.8 Å². The largest absolute Gasteiger partial charge is 0.480 e. The highest BCUT2D eigenvalue weighted by Gasteiger charge is 2.52. The van der Waals surface area contributed by atoms with Crippen LogP contribution >= 0.6 is 11.3 Å². The molecule has 1 aliphatic rings. The molecule has 1 fully saturated rings. The van der Waals surface area contributed by atoms with E-state index < -0.39 is 11.5 Å². The minimum absolute atomic E-state index is 0.375. The molecule has 1 amide bonds. The number of rotatable bonds is 4. The number of nitrogens with zero attached hydrogens (tertiary/aromatic N) is 3. The Kier molecular flexibility index (Phi) is 3.05. The van der Waals surface area contributed by atoms with Crippen molar-refractivity contribution in [1.29, 1.82) is 0 Å². The first-order chi connectivity index (χ1) is 9.91. The van der Waals surface area contributed by atoms with E-state index in [9.17, 15) is 9.59 Å². The van der Waals surface area contributed by atoms with Gasteiger partial charge in [0.2, 0.25) is 0 Å². The summed E-state index contributed by atoms with van der Waals surface area (Å²) < 4.78 is 1.66. The molecule has 2 aromatic heterocycles. The molecule has 21 heavy (non-hydrogen) atoms. The van der Waals surface area contributed by atoms with Gasteiger partial charge in [0.05, 0.1) is 11.9 Å². The highest BCUT2D eigenvalue weighted by molar-refractivity contribution is 7.17. The number of carboxylic acid groups (broad SMARTS) is 1. The summed E-state index contributed by atoms with van der Waals surface area (Å²) in [6.07, 6.45) is 4.45. The Hall–Kier alpha value is -2.22. The van der Waals surface area contributed by atoms with Crippen LogP contribution in [0.15, 0.2) is 12.4 Å². The first kappa shape index (κ1) is 13.7. The molecule has 0 spiro atoms. The second-order valence-electron chi connectivity index (χ2n) is 5.18. The van der Waals surface area contributed by atoms with Crippen molar-refractivity contribution in [3.63, 3.8) is 0 Å². The summed E-state index contributed by atoms with van der Waals surface area (Å²) in [5.74, 6) is -1.36. The first-order valence-electron chi connectivity index (χ1n) is 6.44. The fourth-order valence-corrected chi connectivity index (χ4v) is 2.99. The van der Waals surface area contributed by atoms with Gasteiger partial charge in [0.1, 0.15) is 15.4 Å². The molecule has 0 aromatic carbocycles. The van der Waals surface area contributed by atoms with Gasteiger partial charge in [-0.2, -0.15) is 5.10 Å². The normalized spacial score (nSPS) is 15.7. The van der Waals surface area contributed by atoms with Gasteiger partial charge >= 0.3 is 5.97 Å². The molecule has 8 heteroatoms. The van der Waals surface area contributed by atoms with Crippen molar-refractivity contribution < 1.29 is 14.7 Å². The van der Waals surface area contributed by atoms with Gasteiger partial charge in [-0.3, -0.25) is 9.48 Å². The summed E-state index contributed by atoms with van der Waals surface area (Å²) in [6.45, 7) is 1.74. The summed E-state index contributed by atoms with van der Waals surface area (Å²) in [7, 11) is 1.81. The van der Waals surface area contributed by atoms with Crippen LogP contribution in [-0.4, -0.2) is 37.3 Å². The predicted octanol–water partition coefficient (Wildman–Crippen LogP) is 1.20. The quantitative estimate of drug-likeness (QED) is 0.884. The van der Waals surface area contributed by atoms with Gasteiger partial charge in [0.25, 0.3) is 5.91 Å². The SMILES string of the molecule is Cc1nc(-c2cnn(C)c2)sc1C(=O)NC1(C(=O)O)CC1. The Bertz CT molecular complexity index is 730. The third-order valence-electron chi connectivity index (χ3n) is 3.47. The molecular weight excluding hydrogens is 292 g/mol. The Morgan fingerprint density at radius 2 is 2.19 bits per heavy atom. The van der Waals surface area contributed by atoms with Crippen LogP contribution in [-0.2, 0) is 11.8 Å². The smallest absolute Gasteiger partial charge is 0.329 e. The zero-order chi connectivity index (χ0) is 15.2. The summed E-state index contributed by atoms with van der Waals surface area (Å²) >= 11 is 1.24. The van der Waals surface area contributed by atoms with Crippen LogP contribution in [0.1, 0.15) is 28.2 Å². The molecule has 2 N–H and O–H groups in total. The van der Waals surface area contributed by atoms with Crippen molar-refractivity contribution >= 4 is 23.2 Å². The molecule has 110 valence electrons.